The van der Waals surface area contributed by atoms with Gasteiger partial charge in [0.2, 0.25) is 0 Å². The summed E-state index contributed by atoms with van der Waals surface area (Å²) in [5.74, 6) is -1.79. The highest BCUT2D eigenvalue weighted by molar-refractivity contribution is 9.10. The van der Waals surface area contributed by atoms with E-state index >= 15 is 0 Å². The van der Waals surface area contributed by atoms with E-state index in [9.17, 15) is 17.6 Å². The third-order valence-electron chi connectivity index (χ3n) is 1.67. The second kappa shape index (κ2) is 4.61. The maximum Gasteiger partial charge on any atom is 0.420 e. The number of alkyl halides is 3. The highest BCUT2D eigenvalue weighted by Gasteiger charge is 2.36. The van der Waals surface area contributed by atoms with Gasteiger partial charge in [-0.1, -0.05) is 15.9 Å². The van der Waals surface area contributed by atoms with Crippen molar-refractivity contribution in [2.24, 2.45) is 0 Å². The highest BCUT2D eigenvalue weighted by Crippen LogP contribution is 2.39. The first kappa shape index (κ1) is 13.3. The van der Waals surface area contributed by atoms with Crippen LogP contribution in [0.3, 0.4) is 0 Å². The summed E-state index contributed by atoms with van der Waals surface area (Å²) in [7, 11) is 0. The van der Waals surface area contributed by atoms with Crippen LogP contribution in [0.15, 0.2) is 16.6 Å². The molecule has 0 bridgehead atoms. The molecule has 0 amide bonds. The molecule has 6 heteroatoms. The van der Waals surface area contributed by atoms with Crippen LogP contribution in [0.5, 0.6) is 5.75 Å². The maximum atomic E-state index is 13.3. The second-order valence-electron chi connectivity index (χ2n) is 3.43. The molecule has 0 heterocycles. The molecule has 0 saturated heterocycles. The van der Waals surface area contributed by atoms with Crippen molar-refractivity contribution >= 4 is 15.9 Å². The van der Waals surface area contributed by atoms with Crippen molar-refractivity contribution in [2.75, 3.05) is 0 Å². The molecule has 0 unspecified atom stereocenters. The highest BCUT2D eigenvalue weighted by atomic mass is 79.9. The number of benzene rings is 1. The average molecular weight is 301 g/mol. The summed E-state index contributed by atoms with van der Waals surface area (Å²) >= 11 is 2.81. The minimum atomic E-state index is -4.64. The van der Waals surface area contributed by atoms with E-state index in [-0.39, 0.29) is 4.47 Å². The van der Waals surface area contributed by atoms with Gasteiger partial charge >= 0.3 is 6.18 Å². The van der Waals surface area contributed by atoms with Crippen LogP contribution in [-0.2, 0) is 6.18 Å². The Morgan fingerprint density at radius 1 is 1.25 bits per heavy atom. The molecule has 0 spiro atoms. The lowest BCUT2D eigenvalue weighted by atomic mass is 10.2. The molecule has 90 valence electrons. The van der Waals surface area contributed by atoms with E-state index in [1.165, 1.54) is 13.8 Å². The predicted octanol–water partition coefficient (Wildman–Crippen LogP) is 4.39. The van der Waals surface area contributed by atoms with Gasteiger partial charge in [0.15, 0.2) is 11.6 Å². The van der Waals surface area contributed by atoms with E-state index < -0.39 is 29.4 Å². The summed E-state index contributed by atoms with van der Waals surface area (Å²) in [5, 5.41) is 0. The number of rotatable bonds is 2. The van der Waals surface area contributed by atoms with Gasteiger partial charge in [0, 0.05) is 4.47 Å². The van der Waals surface area contributed by atoms with Crippen LogP contribution in [0, 0.1) is 5.82 Å². The topological polar surface area (TPSA) is 9.23 Å². The van der Waals surface area contributed by atoms with Gasteiger partial charge in [-0.3, -0.25) is 0 Å². The SMILES string of the molecule is CC(C)Oc1c(F)cc(Br)cc1C(F)(F)F. The summed E-state index contributed by atoms with van der Waals surface area (Å²) in [6.07, 6.45) is -5.17. The predicted molar refractivity (Wildman–Crippen MR) is 54.9 cm³/mol. The lowest BCUT2D eigenvalue weighted by molar-refractivity contribution is -0.139. The van der Waals surface area contributed by atoms with E-state index in [2.05, 4.69) is 15.9 Å². The van der Waals surface area contributed by atoms with Gasteiger partial charge in [-0.25, -0.2) is 4.39 Å². The minimum Gasteiger partial charge on any atom is -0.487 e. The average Bonchev–Trinajstić information content (AvgIpc) is 2.06. The first-order valence-corrected chi connectivity index (χ1v) is 5.24. The largest absolute Gasteiger partial charge is 0.487 e. The van der Waals surface area contributed by atoms with Gasteiger partial charge in [-0.15, -0.1) is 0 Å². The molecule has 16 heavy (non-hydrogen) atoms. The summed E-state index contributed by atoms with van der Waals surface area (Å²) < 4.78 is 56.0. The second-order valence-corrected chi connectivity index (χ2v) is 4.34. The van der Waals surface area contributed by atoms with E-state index in [1.807, 2.05) is 0 Å². The first-order chi connectivity index (χ1) is 7.21. The molecule has 0 N–H and O–H groups in total. The number of ether oxygens (including phenoxy) is 1. The number of halogens is 5. The van der Waals surface area contributed by atoms with Crippen LogP contribution in [0.1, 0.15) is 19.4 Å². The van der Waals surface area contributed by atoms with Crippen molar-refractivity contribution in [1.29, 1.82) is 0 Å². The Bertz CT molecular complexity index is 387. The summed E-state index contributed by atoms with van der Waals surface area (Å²) in [5.41, 5.74) is -1.12. The number of hydrogen-bond acceptors (Lipinski definition) is 1. The fourth-order valence-electron chi connectivity index (χ4n) is 1.13. The van der Waals surface area contributed by atoms with Crippen LogP contribution in [0.2, 0.25) is 0 Å². The monoisotopic (exact) mass is 300 g/mol. The third kappa shape index (κ3) is 3.10. The molecular weight excluding hydrogens is 292 g/mol. The molecule has 0 aromatic heterocycles. The quantitative estimate of drug-likeness (QED) is 0.736. The zero-order valence-corrected chi connectivity index (χ0v) is 10.1. The Hall–Kier alpha value is -0.780. The lowest BCUT2D eigenvalue weighted by Crippen LogP contribution is -2.14. The third-order valence-corrected chi connectivity index (χ3v) is 2.13. The normalized spacial score (nSPS) is 12.0. The Labute approximate surface area is 98.5 Å². The molecule has 0 aliphatic heterocycles. The molecule has 0 aliphatic carbocycles. The maximum absolute atomic E-state index is 13.3. The molecule has 1 nitrogen and oxygen atoms in total. The van der Waals surface area contributed by atoms with Crippen LogP contribution in [0.4, 0.5) is 17.6 Å². The van der Waals surface area contributed by atoms with Crippen LogP contribution in [0.25, 0.3) is 0 Å². The fraction of sp³-hybridized carbons (Fsp3) is 0.400. The van der Waals surface area contributed by atoms with Crippen LogP contribution < -0.4 is 4.74 Å². The lowest BCUT2D eigenvalue weighted by Gasteiger charge is -2.17. The Morgan fingerprint density at radius 2 is 1.81 bits per heavy atom. The molecule has 0 radical (unpaired) electrons. The van der Waals surface area contributed by atoms with Crippen LogP contribution >= 0.6 is 15.9 Å². The Kier molecular flexibility index (Phi) is 3.83. The van der Waals surface area contributed by atoms with Gasteiger partial charge in [0.05, 0.1) is 6.10 Å². The molecule has 0 saturated carbocycles. The van der Waals surface area contributed by atoms with Gasteiger partial charge in [0.1, 0.15) is 5.56 Å². The Morgan fingerprint density at radius 3 is 2.25 bits per heavy atom. The summed E-state index contributed by atoms with van der Waals surface area (Å²) in [6, 6.07) is 1.73. The van der Waals surface area contributed by atoms with Crippen molar-refractivity contribution in [3.8, 4) is 5.75 Å². The van der Waals surface area contributed by atoms with E-state index in [1.54, 1.807) is 0 Å². The van der Waals surface area contributed by atoms with E-state index in [0.717, 1.165) is 12.1 Å². The molecule has 1 rings (SSSR count). The van der Waals surface area contributed by atoms with Crippen molar-refractivity contribution in [3.05, 3.63) is 28.0 Å². The van der Waals surface area contributed by atoms with Gasteiger partial charge in [0.25, 0.3) is 0 Å². The first-order valence-electron chi connectivity index (χ1n) is 4.44. The molecule has 1 aromatic carbocycles. The van der Waals surface area contributed by atoms with Crippen molar-refractivity contribution < 1.29 is 22.3 Å². The molecule has 0 aliphatic rings. The Balaban J connectivity index is 3.33. The smallest absolute Gasteiger partial charge is 0.420 e. The molecular formula is C10H9BrF4O. The number of hydrogen-bond donors (Lipinski definition) is 0. The molecule has 1 aromatic rings. The standard InChI is InChI=1S/C10H9BrF4O/c1-5(2)16-9-7(10(13,14)15)3-6(11)4-8(9)12/h3-5H,1-2H3. The fourth-order valence-corrected chi connectivity index (χ4v) is 1.56. The van der Waals surface area contributed by atoms with E-state index in [4.69, 9.17) is 4.74 Å². The van der Waals surface area contributed by atoms with Crippen molar-refractivity contribution in [2.45, 2.75) is 26.1 Å². The van der Waals surface area contributed by atoms with Crippen LogP contribution in [-0.4, -0.2) is 6.10 Å². The van der Waals surface area contributed by atoms with Gasteiger partial charge in [-0.2, -0.15) is 13.2 Å². The minimum absolute atomic E-state index is 0.0217. The summed E-state index contributed by atoms with van der Waals surface area (Å²) in [4.78, 5) is 0. The molecule has 0 atom stereocenters. The van der Waals surface area contributed by atoms with Crippen molar-refractivity contribution in [1.82, 2.24) is 0 Å². The zero-order valence-electron chi connectivity index (χ0n) is 8.53. The molecule has 0 fully saturated rings. The van der Waals surface area contributed by atoms with E-state index in [0.29, 0.717) is 0 Å². The van der Waals surface area contributed by atoms with Crippen molar-refractivity contribution in [3.63, 3.8) is 0 Å². The summed E-state index contributed by atoms with van der Waals surface area (Å²) in [6.45, 7) is 3.06. The zero-order chi connectivity index (χ0) is 12.5. The van der Waals surface area contributed by atoms with Gasteiger partial charge < -0.3 is 4.74 Å². The van der Waals surface area contributed by atoms with Gasteiger partial charge in [-0.05, 0) is 26.0 Å².